The molecule has 0 aromatic heterocycles. The van der Waals surface area contributed by atoms with Crippen LogP contribution in [0, 0.1) is 0 Å². The van der Waals surface area contributed by atoms with Crippen LogP contribution < -0.4 is 20.9 Å². The minimum absolute atomic E-state index is 0.153. The summed E-state index contributed by atoms with van der Waals surface area (Å²) in [5, 5.41) is 7.86. The van der Waals surface area contributed by atoms with Gasteiger partial charge in [-0.2, -0.15) is 0 Å². The Bertz CT molecular complexity index is 636. The van der Waals surface area contributed by atoms with Gasteiger partial charge in [-0.3, -0.25) is 9.59 Å². The van der Waals surface area contributed by atoms with E-state index in [4.69, 9.17) is 4.74 Å². The Morgan fingerprint density at radius 3 is 2.11 bits per heavy atom. The van der Waals surface area contributed by atoms with E-state index in [9.17, 15) is 14.4 Å². The number of alkyl carbamates (subject to hydrolysis) is 1. The van der Waals surface area contributed by atoms with Gasteiger partial charge in [0, 0.05) is 38.4 Å². The molecule has 3 N–H and O–H groups in total. The summed E-state index contributed by atoms with van der Waals surface area (Å²) < 4.78 is 5.04. The maximum absolute atomic E-state index is 12.0. The highest BCUT2D eigenvalue weighted by atomic mass is 16.6. The van der Waals surface area contributed by atoms with E-state index in [2.05, 4.69) is 16.0 Å². The average Bonchev–Trinajstić information content (AvgIpc) is 2.58. The van der Waals surface area contributed by atoms with Gasteiger partial charge in [-0.25, -0.2) is 4.79 Å². The lowest BCUT2D eigenvalue weighted by Gasteiger charge is -2.19. The molecule has 8 nitrogen and oxygen atoms in total. The molecule has 0 bridgehead atoms. The Morgan fingerprint density at radius 2 is 1.56 bits per heavy atom. The number of hydrogen-bond acceptors (Lipinski definition) is 5. The van der Waals surface area contributed by atoms with Crippen molar-refractivity contribution in [3.05, 3.63) is 29.8 Å². The molecule has 0 aliphatic heterocycles. The molecule has 0 radical (unpaired) electrons. The smallest absolute Gasteiger partial charge is 0.408 e. The van der Waals surface area contributed by atoms with Gasteiger partial charge in [0.25, 0.3) is 5.91 Å². The first kappa shape index (κ1) is 22.3. The second-order valence-corrected chi connectivity index (χ2v) is 7.26. The molecule has 0 unspecified atom stereocenters. The van der Waals surface area contributed by atoms with E-state index in [1.807, 2.05) is 31.1 Å². The molecule has 150 valence electrons. The van der Waals surface area contributed by atoms with Crippen molar-refractivity contribution in [1.29, 1.82) is 0 Å². The van der Waals surface area contributed by atoms with Gasteiger partial charge in [0.2, 0.25) is 5.91 Å². The summed E-state index contributed by atoms with van der Waals surface area (Å²) in [6.45, 7) is 5.93. The van der Waals surface area contributed by atoms with E-state index in [1.54, 1.807) is 32.9 Å². The van der Waals surface area contributed by atoms with Crippen LogP contribution in [0.25, 0.3) is 0 Å². The number of amides is 3. The van der Waals surface area contributed by atoms with E-state index in [0.29, 0.717) is 25.1 Å². The minimum atomic E-state index is -0.634. The fraction of sp³-hybridized carbons (Fsp3) is 0.526. The highest BCUT2D eigenvalue weighted by Gasteiger charge is 2.16. The normalized spacial score (nSPS) is 10.7. The quantitative estimate of drug-likeness (QED) is 0.596. The molecule has 27 heavy (non-hydrogen) atoms. The van der Waals surface area contributed by atoms with Crippen molar-refractivity contribution in [3.63, 3.8) is 0 Å². The lowest BCUT2D eigenvalue weighted by atomic mass is 10.2. The second-order valence-electron chi connectivity index (χ2n) is 7.26. The lowest BCUT2D eigenvalue weighted by molar-refractivity contribution is -0.120. The zero-order valence-electron chi connectivity index (χ0n) is 16.7. The highest BCUT2D eigenvalue weighted by Crippen LogP contribution is 2.12. The molecule has 0 aliphatic carbocycles. The van der Waals surface area contributed by atoms with Crippen molar-refractivity contribution in [1.82, 2.24) is 16.0 Å². The van der Waals surface area contributed by atoms with Gasteiger partial charge in [-0.05, 0) is 51.5 Å². The summed E-state index contributed by atoms with van der Waals surface area (Å²) >= 11 is 0. The maximum atomic E-state index is 12.0. The molecular formula is C19H30N4O4. The fourth-order valence-corrected chi connectivity index (χ4v) is 2.06. The molecule has 8 heteroatoms. The summed E-state index contributed by atoms with van der Waals surface area (Å²) in [5.74, 6) is -0.468. The molecule has 0 saturated carbocycles. The molecule has 0 saturated heterocycles. The van der Waals surface area contributed by atoms with E-state index in [0.717, 1.165) is 5.69 Å². The number of nitrogens with zero attached hydrogens (tertiary/aromatic N) is 1. The Hall–Kier alpha value is -2.77. The maximum Gasteiger partial charge on any atom is 0.408 e. The van der Waals surface area contributed by atoms with Crippen molar-refractivity contribution in [2.45, 2.75) is 32.8 Å². The van der Waals surface area contributed by atoms with Crippen molar-refractivity contribution in [2.24, 2.45) is 0 Å². The van der Waals surface area contributed by atoms with Gasteiger partial charge in [-0.1, -0.05) is 0 Å². The van der Waals surface area contributed by atoms with Gasteiger partial charge in [-0.15, -0.1) is 0 Å². The molecule has 3 amide bonds. The number of anilines is 1. The Labute approximate surface area is 160 Å². The number of rotatable bonds is 8. The van der Waals surface area contributed by atoms with Crippen LogP contribution in [0.2, 0.25) is 0 Å². The number of ether oxygens (including phenoxy) is 1. The lowest BCUT2D eigenvalue weighted by Crippen LogP contribution is -2.40. The Balaban J connectivity index is 2.18. The molecular weight excluding hydrogens is 348 g/mol. The van der Waals surface area contributed by atoms with E-state index in [-0.39, 0.29) is 18.4 Å². The van der Waals surface area contributed by atoms with Crippen molar-refractivity contribution in [3.8, 4) is 0 Å². The Morgan fingerprint density at radius 1 is 0.963 bits per heavy atom. The third kappa shape index (κ3) is 9.48. The minimum Gasteiger partial charge on any atom is -0.444 e. The van der Waals surface area contributed by atoms with Gasteiger partial charge < -0.3 is 25.6 Å². The fourth-order valence-electron chi connectivity index (χ4n) is 2.06. The summed E-state index contributed by atoms with van der Waals surface area (Å²) in [7, 11) is 3.87. The SMILES string of the molecule is CN(C)c1ccc(C(=O)NCCCNC(=O)CNC(=O)OC(C)(C)C)cc1. The average molecular weight is 378 g/mol. The molecule has 0 heterocycles. The van der Waals surface area contributed by atoms with E-state index < -0.39 is 11.7 Å². The number of hydrogen-bond donors (Lipinski definition) is 3. The summed E-state index contributed by atoms with van der Waals surface area (Å²) in [6, 6.07) is 7.31. The zero-order chi connectivity index (χ0) is 20.4. The van der Waals surface area contributed by atoms with Crippen LogP contribution in [0.4, 0.5) is 10.5 Å². The number of carbonyl (C=O) groups excluding carboxylic acids is 3. The van der Waals surface area contributed by atoms with Crippen LogP contribution in [0.15, 0.2) is 24.3 Å². The van der Waals surface area contributed by atoms with Crippen molar-refractivity contribution in [2.75, 3.05) is 38.6 Å². The second kappa shape index (κ2) is 10.4. The van der Waals surface area contributed by atoms with Crippen molar-refractivity contribution < 1.29 is 19.1 Å². The predicted molar refractivity (Wildman–Crippen MR) is 105 cm³/mol. The third-order valence-electron chi connectivity index (χ3n) is 3.40. The number of benzene rings is 1. The topological polar surface area (TPSA) is 99.8 Å². The van der Waals surface area contributed by atoms with Crippen LogP contribution in [-0.4, -0.2) is 57.2 Å². The van der Waals surface area contributed by atoms with E-state index >= 15 is 0 Å². The molecule has 1 aromatic carbocycles. The summed E-state index contributed by atoms with van der Waals surface area (Å²) in [6.07, 6.45) is -0.0510. The first-order chi connectivity index (χ1) is 12.6. The molecule has 0 fully saturated rings. The van der Waals surface area contributed by atoms with Gasteiger partial charge in [0.1, 0.15) is 5.60 Å². The van der Waals surface area contributed by atoms with Gasteiger partial charge >= 0.3 is 6.09 Å². The molecule has 0 spiro atoms. The van der Waals surface area contributed by atoms with Crippen LogP contribution in [0.5, 0.6) is 0 Å². The summed E-state index contributed by atoms with van der Waals surface area (Å²) in [4.78, 5) is 37.1. The molecule has 1 aromatic rings. The zero-order valence-corrected chi connectivity index (χ0v) is 16.7. The molecule has 0 atom stereocenters. The summed E-state index contributed by atoms with van der Waals surface area (Å²) in [5.41, 5.74) is 1.01. The largest absolute Gasteiger partial charge is 0.444 e. The Kier molecular flexibility index (Phi) is 8.58. The van der Waals surface area contributed by atoms with Gasteiger partial charge in [0.15, 0.2) is 0 Å². The third-order valence-corrected chi connectivity index (χ3v) is 3.40. The number of nitrogens with one attached hydrogen (secondary N) is 3. The standard InChI is InChI=1S/C19H30N4O4/c1-19(2,3)27-18(26)22-13-16(24)20-11-6-12-21-17(25)14-7-9-15(10-8-14)23(4)5/h7-10H,6,11-13H2,1-5H3,(H,20,24)(H,21,25)(H,22,26). The first-order valence-corrected chi connectivity index (χ1v) is 8.87. The van der Waals surface area contributed by atoms with Crippen LogP contribution in [0.1, 0.15) is 37.6 Å². The number of carbonyl (C=O) groups is 3. The van der Waals surface area contributed by atoms with Crippen LogP contribution >= 0.6 is 0 Å². The van der Waals surface area contributed by atoms with E-state index in [1.165, 1.54) is 0 Å². The monoisotopic (exact) mass is 378 g/mol. The van der Waals surface area contributed by atoms with Crippen LogP contribution in [-0.2, 0) is 9.53 Å². The first-order valence-electron chi connectivity index (χ1n) is 8.87. The molecule has 0 aliphatic rings. The van der Waals surface area contributed by atoms with Crippen LogP contribution in [0.3, 0.4) is 0 Å². The highest BCUT2D eigenvalue weighted by molar-refractivity contribution is 5.94. The van der Waals surface area contributed by atoms with Crippen molar-refractivity contribution >= 4 is 23.6 Å². The molecule has 1 rings (SSSR count). The predicted octanol–water partition coefficient (Wildman–Crippen LogP) is 1.51. The van der Waals surface area contributed by atoms with Gasteiger partial charge in [0.05, 0.1) is 6.54 Å².